The molecule has 0 aliphatic heterocycles. The Balaban J connectivity index is 1.67. The summed E-state index contributed by atoms with van der Waals surface area (Å²) in [6.45, 7) is 9.98. The van der Waals surface area contributed by atoms with E-state index in [2.05, 4.69) is 27.7 Å². The smallest absolute Gasteiger partial charge is 0.0595 e. The Morgan fingerprint density at radius 1 is 1.29 bits per heavy atom. The predicted molar refractivity (Wildman–Crippen MR) is 59.2 cm³/mol. The van der Waals surface area contributed by atoms with Gasteiger partial charge in [0, 0.05) is 0 Å². The van der Waals surface area contributed by atoms with Crippen molar-refractivity contribution < 1.29 is 4.74 Å². The zero-order chi connectivity index (χ0) is 10.3. The number of ether oxygens (including phenoxy) is 1. The number of hydrogen-bond donors (Lipinski definition) is 0. The lowest BCUT2D eigenvalue weighted by atomic mass is 9.53. The average molecular weight is 196 g/mol. The summed E-state index contributed by atoms with van der Waals surface area (Å²) in [7, 11) is 0. The molecule has 0 saturated heterocycles. The second-order valence-electron chi connectivity index (χ2n) is 6.34. The summed E-state index contributed by atoms with van der Waals surface area (Å²) >= 11 is 0. The summed E-state index contributed by atoms with van der Waals surface area (Å²) in [5, 5.41) is 0. The van der Waals surface area contributed by atoms with Crippen molar-refractivity contribution in [2.45, 2.75) is 53.1 Å². The molecular formula is C13H24O. The highest BCUT2D eigenvalue weighted by atomic mass is 16.5. The molecule has 4 atom stereocenters. The summed E-state index contributed by atoms with van der Waals surface area (Å²) in [6, 6.07) is 0. The lowest BCUT2D eigenvalue weighted by Gasteiger charge is -2.53. The van der Waals surface area contributed by atoms with E-state index in [-0.39, 0.29) is 0 Å². The predicted octanol–water partition coefficient (Wildman–Crippen LogP) is 3.48. The first-order valence-electron chi connectivity index (χ1n) is 6.10. The standard InChI is InChI=1S/C13H24O/c1-9(13(2,3)4)14-8-11-7-10-5-6-12(10)11/h9-12H,5-8H2,1-4H3. The molecule has 0 N–H and O–H groups in total. The van der Waals surface area contributed by atoms with Crippen LogP contribution in [0.2, 0.25) is 0 Å². The fourth-order valence-electron chi connectivity index (χ4n) is 2.59. The Labute approximate surface area is 88.2 Å². The molecule has 4 unspecified atom stereocenters. The quantitative estimate of drug-likeness (QED) is 0.671. The van der Waals surface area contributed by atoms with Crippen molar-refractivity contribution >= 4 is 0 Å². The highest BCUT2D eigenvalue weighted by molar-refractivity contribution is 4.96. The number of fused-ring (bicyclic) bond motifs is 1. The van der Waals surface area contributed by atoms with E-state index < -0.39 is 0 Å². The first-order chi connectivity index (χ1) is 6.48. The fourth-order valence-corrected chi connectivity index (χ4v) is 2.59. The maximum atomic E-state index is 5.96. The lowest BCUT2D eigenvalue weighted by molar-refractivity contribution is -0.103. The Hall–Kier alpha value is -0.0400. The van der Waals surface area contributed by atoms with Crippen molar-refractivity contribution in [2.75, 3.05) is 6.61 Å². The van der Waals surface area contributed by atoms with Crippen LogP contribution in [-0.4, -0.2) is 12.7 Å². The van der Waals surface area contributed by atoms with Crippen molar-refractivity contribution in [2.24, 2.45) is 23.2 Å². The van der Waals surface area contributed by atoms with Crippen LogP contribution < -0.4 is 0 Å². The van der Waals surface area contributed by atoms with E-state index in [9.17, 15) is 0 Å². The summed E-state index contributed by atoms with van der Waals surface area (Å²) < 4.78 is 5.96. The third-order valence-electron chi connectivity index (χ3n) is 4.47. The lowest BCUT2D eigenvalue weighted by Crippen LogP contribution is -2.47. The van der Waals surface area contributed by atoms with Gasteiger partial charge in [0.1, 0.15) is 0 Å². The van der Waals surface area contributed by atoms with Gasteiger partial charge in [-0.3, -0.25) is 0 Å². The molecule has 2 saturated carbocycles. The van der Waals surface area contributed by atoms with E-state index in [1.54, 1.807) is 0 Å². The molecule has 0 aromatic rings. The zero-order valence-corrected chi connectivity index (χ0v) is 10.0. The van der Waals surface area contributed by atoms with E-state index in [1.807, 2.05) is 0 Å². The molecule has 0 radical (unpaired) electrons. The third-order valence-corrected chi connectivity index (χ3v) is 4.47. The Morgan fingerprint density at radius 3 is 2.36 bits per heavy atom. The number of rotatable bonds is 3. The summed E-state index contributed by atoms with van der Waals surface area (Å²) in [4.78, 5) is 0. The first-order valence-corrected chi connectivity index (χ1v) is 6.10. The first kappa shape index (κ1) is 10.5. The van der Waals surface area contributed by atoms with Crippen LogP contribution in [0.15, 0.2) is 0 Å². The van der Waals surface area contributed by atoms with Gasteiger partial charge in [0.05, 0.1) is 12.7 Å². The van der Waals surface area contributed by atoms with Crippen molar-refractivity contribution in [3.8, 4) is 0 Å². The normalized spacial score (nSPS) is 38.1. The van der Waals surface area contributed by atoms with Gasteiger partial charge in [0.25, 0.3) is 0 Å². The van der Waals surface area contributed by atoms with Crippen molar-refractivity contribution in [3.05, 3.63) is 0 Å². The van der Waals surface area contributed by atoms with Gasteiger partial charge in [-0.05, 0) is 49.4 Å². The van der Waals surface area contributed by atoms with Crippen LogP contribution in [0.5, 0.6) is 0 Å². The summed E-state index contributed by atoms with van der Waals surface area (Å²) in [5.41, 5.74) is 0.294. The molecule has 0 amide bonds. The average Bonchev–Trinajstić information content (AvgIpc) is 2.05. The Morgan fingerprint density at radius 2 is 2.00 bits per heavy atom. The van der Waals surface area contributed by atoms with Gasteiger partial charge in [-0.25, -0.2) is 0 Å². The van der Waals surface area contributed by atoms with E-state index in [0.29, 0.717) is 11.5 Å². The van der Waals surface area contributed by atoms with Crippen LogP contribution in [0, 0.1) is 23.2 Å². The summed E-state index contributed by atoms with van der Waals surface area (Å²) in [6.07, 6.45) is 4.81. The van der Waals surface area contributed by atoms with Gasteiger partial charge in [-0.1, -0.05) is 20.8 Å². The SMILES string of the molecule is CC(OCC1CC2CCC21)C(C)(C)C. The Kier molecular flexibility index (Phi) is 2.63. The minimum absolute atomic E-state index is 0.294. The molecule has 0 aromatic carbocycles. The van der Waals surface area contributed by atoms with Crippen LogP contribution in [0.1, 0.15) is 47.0 Å². The number of hydrogen-bond acceptors (Lipinski definition) is 1. The van der Waals surface area contributed by atoms with Crippen molar-refractivity contribution in [3.63, 3.8) is 0 Å². The molecule has 2 rings (SSSR count). The maximum absolute atomic E-state index is 5.96. The molecule has 0 heterocycles. The molecule has 82 valence electrons. The second-order valence-corrected chi connectivity index (χ2v) is 6.34. The molecular weight excluding hydrogens is 172 g/mol. The molecule has 2 fully saturated rings. The molecule has 0 aromatic heterocycles. The second kappa shape index (κ2) is 3.52. The molecule has 2 aliphatic carbocycles. The molecule has 0 spiro atoms. The molecule has 2 aliphatic rings. The van der Waals surface area contributed by atoms with Crippen LogP contribution in [0.3, 0.4) is 0 Å². The maximum Gasteiger partial charge on any atom is 0.0595 e. The van der Waals surface area contributed by atoms with Gasteiger partial charge >= 0.3 is 0 Å². The van der Waals surface area contributed by atoms with E-state index >= 15 is 0 Å². The van der Waals surface area contributed by atoms with E-state index in [0.717, 1.165) is 24.4 Å². The summed E-state index contributed by atoms with van der Waals surface area (Å²) in [5.74, 6) is 3.04. The topological polar surface area (TPSA) is 9.23 Å². The molecule has 1 heteroatoms. The molecule has 14 heavy (non-hydrogen) atoms. The molecule has 0 bridgehead atoms. The van der Waals surface area contributed by atoms with Gasteiger partial charge < -0.3 is 4.74 Å². The van der Waals surface area contributed by atoms with Crippen LogP contribution in [0.25, 0.3) is 0 Å². The molecule has 1 nitrogen and oxygen atoms in total. The zero-order valence-electron chi connectivity index (χ0n) is 10.0. The van der Waals surface area contributed by atoms with Gasteiger partial charge in [0.15, 0.2) is 0 Å². The third kappa shape index (κ3) is 1.84. The minimum Gasteiger partial charge on any atom is -0.378 e. The van der Waals surface area contributed by atoms with Crippen LogP contribution in [0.4, 0.5) is 0 Å². The van der Waals surface area contributed by atoms with Crippen LogP contribution >= 0.6 is 0 Å². The van der Waals surface area contributed by atoms with E-state index in [4.69, 9.17) is 4.74 Å². The van der Waals surface area contributed by atoms with Crippen molar-refractivity contribution in [1.82, 2.24) is 0 Å². The largest absolute Gasteiger partial charge is 0.378 e. The van der Waals surface area contributed by atoms with Gasteiger partial charge in [-0.2, -0.15) is 0 Å². The van der Waals surface area contributed by atoms with Crippen LogP contribution in [-0.2, 0) is 4.74 Å². The highest BCUT2D eigenvalue weighted by Crippen LogP contribution is 2.54. The van der Waals surface area contributed by atoms with Gasteiger partial charge in [-0.15, -0.1) is 0 Å². The monoisotopic (exact) mass is 196 g/mol. The fraction of sp³-hybridized carbons (Fsp3) is 1.00. The van der Waals surface area contributed by atoms with Gasteiger partial charge in [0.2, 0.25) is 0 Å². The van der Waals surface area contributed by atoms with Crippen molar-refractivity contribution in [1.29, 1.82) is 0 Å². The highest BCUT2D eigenvalue weighted by Gasteiger charge is 2.46. The Bertz CT molecular complexity index is 204. The minimum atomic E-state index is 0.294. The van der Waals surface area contributed by atoms with E-state index in [1.165, 1.54) is 19.3 Å².